The minimum absolute atomic E-state index is 0.570. The van der Waals surface area contributed by atoms with E-state index in [9.17, 15) is 0 Å². The predicted octanol–water partition coefficient (Wildman–Crippen LogP) is 4.25. The van der Waals surface area contributed by atoms with Crippen LogP contribution >= 0.6 is 39.3 Å². The molecule has 19 heavy (non-hydrogen) atoms. The van der Waals surface area contributed by atoms with E-state index in [-0.39, 0.29) is 0 Å². The molecule has 1 aromatic carbocycles. The van der Waals surface area contributed by atoms with Gasteiger partial charge < -0.3 is 10.5 Å². The van der Waals surface area contributed by atoms with E-state index >= 15 is 0 Å². The Morgan fingerprint density at radius 3 is 2.95 bits per heavy atom. The molecule has 3 nitrogen and oxygen atoms in total. The fourth-order valence-electron chi connectivity index (χ4n) is 1.41. The third-order valence-electron chi connectivity index (χ3n) is 2.27. The third-order valence-corrected chi connectivity index (χ3v) is 4.11. The van der Waals surface area contributed by atoms with Crippen LogP contribution in [-0.4, -0.2) is 17.3 Å². The maximum atomic E-state index is 5.86. The molecule has 1 heterocycles. The van der Waals surface area contributed by atoms with Crippen LogP contribution in [0.25, 0.3) is 0 Å². The number of aromatic nitrogens is 1. The van der Waals surface area contributed by atoms with Crippen LogP contribution in [0.4, 0.5) is 5.69 Å². The molecule has 0 atom stereocenters. The van der Waals surface area contributed by atoms with Gasteiger partial charge in [0, 0.05) is 17.0 Å². The van der Waals surface area contributed by atoms with Gasteiger partial charge in [0.15, 0.2) is 0 Å². The second-order valence-corrected chi connectivity index (χ2v) is 6.04. The van der Waals surface area contributed by atoms with Crippen LogP contribution in [0.2, 0.25) is 5.02 Å². The quantitative estimate of drug-likeness (QED) is 0.640. The Morgan fingerprint density at radius 2 is 2.21 bits per heavy atom. The zero-order valence-electron chi connectivity index (χ0n) is 9.98. The summed E-state index contributed by atoms with van der Waals surface area (Å²) in [5, 5.41) is 1.51. The maximum absolute atomic E-state index is 5.86. The van der Waals surface area contributed by atoms with Gasteiger partial charge in [-0.3, -0.25) is 0 Å². The van der Waals surface area contributed by atoms with Crippen LogP contribution in [0.15, 0.2) is 46.0 Å². The lowest BCUT2D eigenvalue weighted by atomic mass is 10.3. The molecule has 2 rings (SSSR count). The topological polar surface area (TPSA) is 48.1 Å². The van der Waals surface area contributed by atoms with Crippen molar-refractivity contribution in [3.63, 3.8) is 0 Å². The van der Waals surface area contributed by atoms with Crippen molar-refractivity contribution in [2.24, 2.45) is 0 Å². The molecule has 0 aliphatic rings. The molecule has 0 aliphatic heterocycles. The number of hydrogen-bond donors (Lipinski definition) is 1. The monoisotopic (exact) mass is 358 g/mol. The van der Waals surface area contributed by atoms with E-state index in [0.29, 0.717) is 17.3 Å². The molecule has 0 saturated carbocycles. The summed E-state index contributed by atoms with van der Waals surface area (Å²) in [4.78, 5) is 4.21. The highest BCUT2D eigenvalue weighted by Crippen LogP contribution is 2.28. The zero-order valence-corrected chi connectivity index (χ0v) is 13.1. The molecule has 2 aromatic rings. The van der Waals surface area contributed by atoms with Gasteiger partial charge in [-0.15, -0.1) is 11.8 Å². The second kappa shape index (κ2) is 7.03. The molecular weight excluding hydrogens is 348 g/mol. The largest absolute Gasteiger partial charge is 0.492 e. The van der Waals surface area contributed by atoms with Crippen LogP contribution in [0.3, 0.4) is 0 Å². The standard InChI is InChI=1S/C13H12BrClN2OS/c14-10-8-9(15)3-4-12(10)18-6-7-19-13-11(16)2-1-5-17-13/h1-5,8H,6-7,16H2. The summed E-state index contributed by atoms with van der Waals surface area (Å²) in [6.45, 7) is 0.570. The van der Waals surface area contributed by atoms with E-state index in [1.165, 1.54) is 0 Å². The Labute approximate surface area is 129 Å². The number of nitrogens with two attached hydrogens (primary N) is 1. The summed E-state index contributed by atoms with van der Waals surface area (Å²) >= 11 is 10.8. The van der Waals surface area contributed by atoms with Crippen molar-refractivity contribution in [2.75, 3.05) is 18.1 Å². The van der Waals surface area contributed by atoms with E-state index < -0.39 is 0 Å². The van der Waals surface area contributed by atoms with Gasteiger partial charge >= 0.3 is 0 Å². The summed E-state index contributed by atoms with van der Waals surface area (Å²) in [6.07, 6.45) is 1.73. The summed E-state index contributed by atoms with van der Waals surface area (Å²) in [6, 6.07) is 9.10. The van der Waals surface area contributed by atoms with Gasteiger partial charge in [-0.05, 0) is 46.3 Å². The molecule has 0 amide bonds. The molecule has 0 unspecified atom stereocenters. The van der Waals surface area contributed by atoms with Gasteiger partial charge in [-0.1, -0.05) is 11.6 Å². The van der Waals surface area contributed by atoms with Gasteiger partial charge in [0.25, 0.3) is 0 Å². The summed E-state index contributed by atoms with van der Waals surface area (Å²) in [5.41, 5.74) is 6.50. The van der Waals surface area contributed by atoms with Crippen LogP contribution in [-0.2, 0) is 0 Å². The molecule has 0 saturated heterocycles. The Hall–Kier alpha value is -0.910. The highest BCUT2D eigenvalue weighted by Gasteiger charge is 2.03. The number of thioether (sulfide) groups is 1. The Balaban J connectivity index is 1.83. The van der Waals surface area contributed by atoms with E-state index in [0.717, 1.165) is 21.0 Å². The first-order valence-electron chi connectivity index (χ1n) is 5.58. The molecule has 2 N–H and O–H groups in total. The number of rotatable bonds is 5. The van der Waals surface area contributed by atoms with Crippen LogP contribution in [0.1, 0.15) is 0 Å². The number of hydrogen-bond acceptors (Lipinski definition) is 4. The Morgan fingerprint density at radius 1 is 1.37 bits per heavy atom. The number of nitrogens with zero attached hydrogens (tertiary/aromatic N) is 1. The Kier molecular flexibility index (Phi) is 5.36. The van der Waals surface area contributed by atoms with Gasteiger partial charge in [-0.25, -0.2) is 4.98 Å². The fourth-order valence-corrected chi connectivity index (χ4v) is 2.93. The number of ether oxygens (including phenoxy) is 1. The van der Waals surface area contributed by atoms with Crippen molar-refractivity contribution in [3.8, 4) is 5.75 Å². The average Bonchev–Trinajstić information content (AvgIpc) is 2.38. The summed E-state index contributed by atoms with van der Waals surface area (Å²) < 4.78 is 6.51. The molecule has 1 aromatic heterocycles. The summed E-state index contributed by atoms with van der Waals surface area (Å²) in [5.74, 6) is 1.55. The summed E-state index contributed by atoms with van der Waals surface area (Å²) in [7, 11) is 0. The minimum atomic E-state index is 0.570. The Bertz CT molecular complexity index is 568. The first-order valence-corrected chi connectivity index (χ1v) is 7.73. The number of pyridine rings is 1. The van der Waals surface area contributed by atoms with Crippen LogP contribution in [0.5, 0.6) is 5.75 Å². The lowest BCUT2D eigenvalue weighted by molar-refractivity contribution is 0.342. The average molecular weight is 360 g/mol. The smallest absolute Gasteiger partial charge is 0.133 e. The van der Waals surface area contributed by atoms with E-state index in [1.807, 2.05) is 18.2 Å². The third kappa shape index (κ3) is 4.30. The van der Waals surface area contributed by atoms with Gasteiger partial charge in [0.05, 0.1) is 16.8 Å². The van der Waals surface area contributed by atoms with E-state index in [2.05, 4.69) is 20.9 Å². The van der Waals surface area contributed by atoms with Gasteiger partial charge in [0.1, 0.15) is 10.8 Å². The molecule has 0 spiro atoms. The van der Waals surface area contributed by atoms with Gasteiger partial charge in [-0.2, -0.15) is 0 Å². The second-order valence-electron chi connectivity index (χ2n) is 3.67. The number of halogens is 2. The molecule has 0 radical (unpaired) electrons. The fraction of sp³-hybridized carbons (Fsp3) is 0.154. The lowest BCUT2D eigenvalue weighted by Crippen LogP contribution is -2.01. The first-order chi connectivity index (χ1) is 9.16. The van der Waals surface area contributed by atoms with Crippen molar-refractivity contribution < 1.29 is 4.74 Å². The molecular formula is C13H12BrClN2OS. The first kappa shape index (κ1) is 14.5. The number of anilines is 1. The van der Waals surface area contributed by atoms with E-state index in [1.54, 1.807) is 30.1 Å². The normalized spacial score (nSPS) is 10.4. The highest BCUT2D eigenvalue weighted by atomic mass is 79.9. The van der Waals surface area contributed by atoms with E-state index in [4.69, 9.17) is 22.1 Å². The van der Waals surface area contributed by atoms with Crippen molar-refractivity contribution in [3.05, 3.63) is 46.0 Å². The van der Waals surface area contributed by atoms with Crippen molar-refractivity contribution in [1.82, 2.24) is 4.98 Å². The van der Waals surface area contributed by atoms with Crippen molar-refractivity contribution >= 4 is 45.0 Å². The van der Waals surface area contributed by atoms with Crippen LogP contribution < -0.4 is 10.5 Å². The van der Waals surface area contributed by atoms with Gasteiger partial charge in [0.2, 0.25) is 0 Å². The molecule has 0 bridgehead atoms. The molecule has 6 heteroatoms. The highest BCUT2D eigenvalue weighted by molar-refractivity contribution is 9.10. The molecule has 100 valence electrons. The predicted molar refractivity (Wildman–Crippen MR) is 84.0 cm³/mol. The number of benzene rings is 1. The van der Waals surface area contributed by atoms with Crippen molar-refractivity contribution in [1.29, 1.82) is 0 Å². The lowest BCUT2D eigenvalue weighted by Gasteiger charge is -2.08. The van der Waals surface area contributed by atoms with Crippen LogP contribution in [0, 0.1) is 0 Å². The number of nitrogen functional groups attached to an aromatic ring is 1. The zero-order chi connectivity index (χ0) is 13.7. The maximum Gasteiger partial charge on any atom is 0.133 e. The van der Waals surface area contributed by atoms with Crippen molar-refractivity contribution in [2.45, 2.75) is 5.03 Å². The molecule has 0 aliphatic carbocycles. The molecule has 0 fully saturated rings. The SMILES string of the molecule is Nc1cccnc1SCCOc1ccc(Cl)cc1Br. The minimum Gasteiger partial charge on any atom is -0.492 e.